The maximum atomic E-state index is 8.81. The summed E-state index contributed by atoms with van der Waals surface area (Å²) < 4.78 is 75.0. The number of aromatic nitrogens is 10. The molecule has 1 radical (unpaired) electrons. The largest absolute Gasteiger partial charge is 2.00 e. The number of aryl methyl sites for hydroxylation is 6. The zero-order valence-corrected chi connectivity index (χ0v) is 40.3. The fourth-order valence-electron chi connectivity index (χ4n) is 6.48. The number of pyridine rings is 2. The van der Waals surface area contributed by atoms with Crippen molar-refractivity contribution < 1.29 is 84.7 Å². The van der Waals surface area contributed by atoms with E-state index in [9.17, 15) is 0 Å². The van der Waals surface area contributed by atoms with E-state index < -0.39 is 30.3 Å². The molecule has 0 saturated heterocycles. The minimum Gasteiger partial charge on any atom is -0.265 e. The molecule has 0 N–H and O–H groups in total. The second kappa shape index (κ2) is 26.6. The van der Waals surface area contributed by atoms with Crippen molar-refractivity contribution >= 4 is 0 Å². The van der Waals surface area contributed by atoms with E-state index >= 15 is 0 Å². The average molecular weight is 1040 g/mol. The minimum absolute atomic E-state index is 0. The van der Waals surface area contributed by atoms with Crippen molar-refractivity contribution in [2.24, 2.45) is 0 Å². The molecule has 0 aliphatic rings. The van der Waals surface area contributed by atoms with Crippen LogP contribution in [-0.2, 0) is 17.1 Å². The molecule has 0 saturated carbocycles. The summed E-state index contributed by atoms with van der Waals surface area (Å²) in [7, 11) is -8.11. The third-order valence-electron chi connectivity index (χ3n) is 8.43. The van der Waals surface area contributed by atoms with Crippen LogP contribution < -0.4 is 37.3 Å². The monoisotopic (exact) mass is 1040 g/mol. The van der Waals surface area contributed by atoms with Gasteiger partial charge >= 0.3 is 17.1 Å². The van der Waals surface area contributed by atoms with Gasteiger partial charge in [0.25, 0.3) is 0 Å². The first-order valence-corrected chi connectivity index (χ1v) is 21.8. The van der Waals surface area contributed by atoms with Gasteiger partial charge in [-0.25, -0.2) is 66.0 Å². The molecular weight excluding hydrogens is 999 g/mol. The fourth-order valence-corrected chi connectivity index (χ4v) is 6.48. The molecule has 0 aliphatic heterocycles. The van der Waals surface area contributed by atoms with Crippen LogP contribution in [0.4, 0.5) is 0 Å². The molecule has 0 fully saturated rings. The molecule has 2 aromatic carbocycles. The van der Waals surface area contributed by atoms with Gasteiger partial charge in [-0.3, -0.25) is 20.2 Å². The second-order valence-electron chi connectivity index (χ2n) is 14.1. The van der Waals surface area contributed by atoms with Gasteiger partial charge in [0.2, 0.25) is 0 Å². The number of rotatable bonds is 6. The van der Waals surface area contributed by atoms with Gasteiger partial charge in [-0.15, -0.1) is 20.5 Å². The molecule has 0 bridgehead atoms. The molecule has 0 aliphatic carbocycles. The molecule has 0 unspecified atom stereocenters. The first-order valence-electron chi connectivity index (χ1n) is 19.3. The molecular formula is C42H44Cl2CuN12O12. The maximum Gasteiger partial charge on any atom is 2.00 e. The molecule has 6 aromatic heterocycles. The van der Waals surface area contributed by atoms with E-state index in [-0.39, 0.29) is 17.1 Å². The molecule has 0 atom stereocenters. The Morgan fingerprint density at radius 2 is 0.710 bits per heavy atom. The number of benzene rings is 2. The Hall–Kier alpha value is -6.84. The molecule has 69 heavy (non-hydrogen) atoms. The first kappa shape index (κ1) is 58.3. The predicted octanol–water partition coefficient (Wildman–Crippen LogP) is -1.64. The molecule has 27 heteroatoms. The Bertz CT molecular complexity index is 2610. The standard InChI is InChI=1S/2C20H19N5.2CH3NO2.2ClHO4.Cu/c2*1-14-12-15(2)20(16(3)13-14)17-8-11-25(23-17)19-7-4-6-18(22-19)24-10-5-9-21-24;2*1-2(3)4;2*2-1(3,4)5;/h2*4-13H,1-3H3;2*1H3;2*(H,2,3,4,5);/q;;;;;;+2/p-2. The molecule has 6 heterocycles. The minimum atomic E-state index is -4.94. The first-order chi connectivity index (χ1) is 31.7. The van der Waals surface area contributed by atoms with Crippen molar-refractivity contribution in [1.82, 2.24) is 49.1 Å². The molecule has 24 nitrogen and oxygen atoms in total. The Morgan fingerprint density at radius 3 is 0.957 bits per heavy atom. The van der Waals surface area contributed by atoms with Crippen molar-refractivity contribution in [3.05, 3.63) is 176 Å². The number of hydrogen-bond acceptors (Lipinski definition) is 18. The van der Waals surface area contributed by atoms with Gasteiger partial charge in [0.05, 0.1) is 11.4 Å². The van der Waals surface area contributed by atoms with Crippen molar-refractivity contribution in [2.45, 2.75) is 41.5 Å². The summed E-state index contributed by atoms with van der Waals surface area (Å²) in [4.78, 5) is 25.9. The van der Waals surface area contributed by atoms with Crippen molar-refractivity contribution in [1.29, 1.82) is 0 Å². The van der Waals surface area contributed by atoms with Gasteiger partial charge < -0.3 is 0 Å². The molecule has 0 amide bonds. The number of nitrogens with zero attached hydrogens (tertiary/aromatic N) is 12. The van der Waals surface area contributed by atoms with Crippen LogP contribution in [0.3, 0.4) is 0 Å². The summed E-state index contributed by atoms with van der Waals surface area (Å²) in [5.74, 6) is 3.06. The molecule has 0 spiro atoms. The van der Waals surface area contributed by atoms with Gasteiger partial charge in [-0.05, 0) is 112 Å². The summed E-state index contributed by atoms with van der Waals surface area (Å²) >= 11 is 0. The average Bonchev–Trinajstić information content (AvgIpc) is 4.05. The van der Waals surface area contributed by atoms with E-state index in [1.54, 1.807) is 31.1 Å². The van der Waals surface area contributed by atoms with Crippen LogP contribution in [0.25, 0.3) is 45.8 Å². The Balaban J connectivity index is 0.000000348. The zero-order chi connectivity index (χ0) is 50.9. The predicted molar refractivity (Wildman–Crippen MR) is 222 cm³/mol. The van der Waals surface area contributed by atoms with E-state index in [1.165, 1.54) is 44.5 Å². The molecule has 8 rings (SSSR count). The third kappa shape index (κ3) is 20.9. The number of halogens is 2. The summed E-state index contributed by atoms with van der Waals surface area (Å²) in [5.41, 5.74) is 11.8. The summed E-state index contributed by atoms with van der Waals surface area (Å²) in [6.45, 7) is 12.8. The van der Waals surface area contributed by atoms with Gasteiger partial charge in [0.15, 0.2) is 37.4 Å². The van der Waals surface area contributed by atoms with Crippen LogP contribution >= 0.6 is 0 Å². The van der Waals surface area contributed by atoms with E-state index in [0.717, 1.165) is 48.8 Å². The van der Waals surface area contributed by atoms with E-state index in [0.29, 0.717) is 0 Å². The quantitative estimate of drug-likeness (QED) is 0.102. The Morgan fingerprint density at radius 1 is 0.449 bits per heavy atom. The topological polar surface area (TPSA) is 368 Å². The molecule has 8 aromatic rings. The van der Waals surface area contributed by atoms with Gasteiger partial charge in [0.1, 0.15) is 0 Å². The van der Waals surface area contributed by atoms with Gasteiger partial charge in [0, 0.05) is 58.2 Å². The van der Waals surface area contributed by atoms with Crippen LogP contribution in [-0.4, -0.2) is 73.0 Å². The Labute approximate surface area is 409 Å². The maximum absolute atomic E-state index is 8.81. The molecule has 369 valence electrons. The van der Waals surface area contributed by atoms with Crippen molar-refractivity contribution in [2.75, 3.05) is 14.1 Å². The zero-order valence-electron chi connectivity index (χ0n) is 37.9. The normalized spacial score (nSPS) is 10.4. The fraction of sp³-hybridized carbons (Fsp3) is 0.190. The SMILES string of the molecule is C[N+](=O)[O-].C[N+](=O)[O-].Cc1cc(C)c(-c2ccn(-c3cccc(-n4cccn4)n3)n2)c(C)c1.Cc1cc(C)c(-c2ccn(-c3cccc(-n4cccn4)n3)n2)c(C)c1.[Cu+2].[O-][Cl+3]([O-])([O-])[O-].[O-][Cl+3]([O-])([O-])[O-]. The smallest absolute Gasteiger partial charge is 0.265 e. The van der Waals surface area contributed by atoms with Crippen molar-refractivity contribution in [3.63, 3.8) is 0 Å². The van der Waals surface area contributed by atoms with Crippen LogP contribution in [0.2, 0.25) is 0 Å². The summed E-state index contributed by atoms with van der Waals surface area (Å²) in [6, 6.07) is 28.3. The van der Waals surface area contributed by atoms with E-state index in [1.807, 2.05) is 85.5 Å². The summed E-state index contributed by atoms with van der Waals surface area (Å²) in [6.07, 6.45) is 11.1. The van der Waals surface area contributed by atoms with Gasteiger partial charge in [-0.1, -0.05) is 47.5 Å². The Kier molecular flexibility index (Phi) is 22.5. The van der Waals surface area contributed by atoms with Crippen LogP contribution in [0.15, 0.2) is 122 Å². The van der Waals surface area contributed by atoms with Crippen LogP contribution in [0.1, 0.15) is 33.4 Å². The van der Waals surface area contributed by atoms with Crippen LogP contribution in [0, 0.1) is 82.3 Å². The third-order valence-corrected chi connectivity index (χ3v) is 8.43. The van der Waals surface area contributed by atoms with Gasteiger partial charge in [-0.2, -0.15) is 20.4 Å². The number of nitro groups is 2. The van der Waals surface area contributed by atoms with E-state index in [4.69, 9.17) is 67.7 Å². The van der Waals surface area contributed by atoms with Crippen LogP contribution in [0.5, 0.6) is 0 Å². The van der Waals surface area contributed by atoms with Crippen molar-refractivity contribution in [3.8, 4) is 45.8 Å². The van der Waals surface area contributed by atoms with E-state index in [2.05, 4.69) is 86.0 Å². The second-order valence-corrected chi connectivity index (χ2v) is 15.6. The summed E-state index contributed by atoms with van der Waals surface area (Å²) in [5, 5.41) is 35.6. The number of hydrogen-bond donors (Lipinski definition) is 0.